The van der Waals surface area contributed by atoms with E-state index in [-0.39, 0.29) is 6.10 Å². The van der Waals surface area contributed by atoms with Gasteiger partial charge >= 0.3 is 5.69 Å². The number of aliphatic hydroxyl groups excluding tert-OH is 1. The lowest BCUT2D eigenvalue weighted by molar-refractivity contribution is -0.0101. The van der Waals surface area contributed by atoms with Crippen molar-refractivity contribution in [1.82, 2.24) is 9.55 Å². The minimum atomic E-state index is -0.575. The van der Waals surface area contributed by atoms with Gasteiger partial charge in [-0.1, -0.05) is 0 Å². The quantitative estimate of drug-likeness (QED) is 0.638. The van der Waals surface area contributed by atoms with Gasteiger partial charge in [0.2, 0.25) is 0 Å². The first-order chi connectivity index (χ1) is 7.08. The van der Waals surface area contributed by atoms with E-state index in [4.69, 9.17) is 4.74 Å². The van der Waals surface area contributed by atoms with Crippen molar-refractivity contribution in [3.05, 3.63) is 33.1 Å². The van der Waals surface area contributed by atoms with Crippen LogP contribution >= 0.6 is 0 Å². The summed E-state index contributed by atoms with van der Waals surface area (Å²) in [6, 6.07) is 1.25. The van der Waals surface area contributed by atoms with E-state index in [1.807, 2.05) is 0 Å². The second-order valence-electron chi connectivity index (χ2n) is 3.62. The zero-order valence-corrected chi connectivity index (χ0v) is 8.21. The van der Waals surface area contributed by atoms with Crippen molar-refractivity contribution in [2.45, 2.75) is 31.8 Å². The first-order valence-electron chi connectivity index (χ1n) is 4.73. The number of nitrogens with zero attached hydrogens (tertiary/aromatic N) is 1. The number of hydrogen-bond acceptors (Lipinski definition) is 4. The van der Waals surface area contributed by atoms with Gasteiger partial charge in [-0.05, 0) is 6.92 Å². The Balaban J connectivity index is 2.32. The Labute approximate surface area is 85.1 Å². The molecule has 6 heteroatoms. The van der Waals surface area contributed by atoms with E-state index in [0.717, 1.165) is 0 Å². The summed E-state index contributed by atoms with van der Waals surface area (Å²) in [5.41, 5.74) is -0.961. The van der Waals surface area contributed by atoms with Crippen LogP contribution in [0.15, 0.2) is 21.9 Å². The maximum Gasteiger partial charge on any atom is 0.330 e. The van der Waals surface area contributed by atoms with Crippen LogP contribution in [0, 0.1) is 0 Å². The van der Waals surface area contributed by atoms with E-state index < -0.39 is 23.6 Å². The SMILES string of the molecule is C[C@@H]1O[C@H](n2ccc(=O)[nH]c2=O)CC1O. The molecule has 2 N–H and O–H groups in total. The van der Waals surface area contributed by atoms with Crippen molar-refractivity contribution in [2.24, 2.45) is 0 Å². The lowest BCUT2D eigenvalue weighted by Crippen LogP contribution is -2.31. The van der Waals surface area contributed by atoms with Gasteiger partial charge in [0.05, 0.1) is 12.2 Å². The van der Waals surface area contributed by atoms with Gasteiger partial charge in [0.15, 0.2) is 0 Å². The summed E-state index contributed by atoms with van der Waals surface area (Å²) in [5, 5.41) is 9.46. The van der Waals surface area contributed by atoms with Crippen LogP contribution in [0.4, 0.5) is 0 Å². The molecular formula is C9H12N2O4. The molecule has 1 aliphatic rings. The molecule has 2 heterocycles. The van der Waals surface area contributed by atoms with E-state index in [2.05, 4.69) is 4.98 Å². The van der Waals surface area contributed by atoms with Gasteiger partial charge in [-0.2, -0.15) is 0 Å². The van der Waals surface area contributed by atoms with Crippen LogP contribution < -0.4 is 11.2 Å². The Morgan fingerprint density at radius 1 is 1.60 bits per heavy atom. The molecule has 1 unspecified atom stereocenters. The highest BCUT2D eigenvalue weighted by Crippen LogP contribution is 2.26. The Hall–Kier alpha value is -1.40. The molecule has 1 fully saturated rings. The first kappa shape index (κ1) is 10.1. The molecule has 0 saturated carbocycles. The molecule has 6 nitrogen and oxygen atoms in total. The zero-order valence-electron chi connectivity index (χ0n) is 8.21. The van der Waals surface area contributed by atoms with Gasteiger partial charge in [-0.3, -0.25) is 14.3 Å². The molecule has 1 aromatic heterocycles. The number of aliphatic hydroxyl groups is 1. The van der Waals surface area contributed by atoms with Crippen LogP contribution in [0.5, 0.6) is 0 Å². The molecule has 0 aliphatic carbocycles. The molecule has 2 rings (SSSR count). The molecular weight excluding hydrogens is 200 g/mol. The average molecular weight is 212 g/mol. The van der Waals surface area contributed by atoms with Crippen LogP contribution in [-0.4, -0.2) is 26.9 Å². The third-order valence-electron chi connectivity index (χ3n) is 2.52. The normalized spacial score (nSPS) is 30.7. The molecule has 15 heavy (non-hydrogen) atoms. The monoisotopic (exact) mass is 212 g/mol. The number of ether oxygens (including phenoxy) is 1. The number of aromatic nitrogens is 2. The molecule has 1 aliphatic heterocycles. The van der Waals surface area contributed by atoms with Crippen LogP contribution in [0.2, 0.25) is 0 Å². The van der Waals surface area contributed by atoms with Crippen molar-refractivity contribution >= 4 is 0 Å². The third kappa shape index (κ3) is 1.86. The predicted octanol–water partition coefficient (Wildman–Crippen LogP) is -0.795. The minimum Gasteiger partial charge on any atom is -0.390 e. The Morgan fingerprint density at radius 3 is 2.87 bits per heavy atom. The maximum atomic E-state index is 11.4. The lowest BCUT2D eigenvalue weighted by atomic mass is 10.2. The van der Waals surface area contributed by atoms with Crippen LogP contribution in [0.1, 0.15) is 19.6 Å². The second kappa shape index (κ2) is 3.63. The molecule has 0 spiro atoms. The van der Waals surface area contributed by atoms with Crippen molar-refractivity contribution < 1.29 is 9.84 Å². The maximum absolute atomic E-state index is 11.4. The molecule has 1 saturated heterocycles. The van der Waals surface area contributed by atoms with Crippen molar-refractivity contribution in [3.63, 3.8) is 0 Å². The van der Waals surface area contributed by atoms with E-state index in [9.17, 15) is 14.7 Å². The number of rotatable bonds is 1. The molecule has 0 bridgehead atoms. The topological polar surface area (TPSA) is 84.3 Å². The highest BCUT2D eigenvalue weighted by atomic mass is 16.5. The minimum absolute atomic E-state index is 0.297. The van der Waals surface area contributed by atoms with E-state index in [1.54, 1.807) is 6.92 Å². The van der Waals surface area contributed by atoms with E-state index in [1.165, 1.54) is 16.8 Å². The van der Waals surface area contributed by atoms with Crippen LogP contribution in [0.25, 0.3) is 0 Å². The molecule has 0 radical (unpaired) electrons. The Morgan fingerprint density at radius 2 is 2.33 bits per heavy atom. The lowest BCUT2D eigenvalue weighted by Gasteiger charge is -2.12. The van der Waals surface area contributed by atoms with Crippen LogP contribution in [0.3, 0.4) is 0 Å². The Bertz CT molecular complexity index is 454. The van der Waals surface area contributed by atoms with Crippen molar-refractivity contribution in [3.8, 4) is 0 Å². The fraction of sp³-hybridized carbons (Fsp3) is 0.556. The summed E-state index contributed by atoms with van der Waals surface area (Å²) in [7, 11) is 0. The van der Waals surface area contributed by atoms with Gasteiger partial charge < -0.3 is 9.84 Å². The second-order valence-corrected chi connectivity index (χ2v) is 3.62. The summed E-state index contributed by atoms with van der Waals surface area (Å²) in [5.74, 6) is 0. The van der Waals surface area contributed by atoms with Gasteiger partial charge in [0, 0.05) is 18.7 Å². The largest absolute Gasteiger partial charge is 0.390 e. The number of H-pyrrole nitrogens is 1. The van der Waals surface area contributed by atoms with Gasteiger partial charge in [-0.15, -0.1) is 0 Å². The van der Waals surface area contributed by atoms with Gasteiger partial charge in [0.1, 0.15) is 6.23 Å². The molecule has 0 amide bonds. The summed E-state index contributed by atoms with van der Waals surface area (Å²) in [4.78, 5) is 24.3. The average Bonchev–Trinajstić information content (AvgIpc) is 2.46. The summed E-state index contributed by atoms with van der Waals surface area (Å²) in [6.45, 7) is 1.74. The van der Waals surface area contributed by atoms with Crippen molar-refractivity contribution in [2.75, 3.05) is 0 Å². The highest BCUT2D eigenvalue weighted by molar-refractivity contribution is 4.87. The Kier molecular flexibility index (Phi) is 2.45. The third-order valence-corrected chi connectivity index (χ3v) is 2.52. The smallest absolute Gasteiger partial charge is 0.330 e. The van der Waals surface area contributed by atoms with Gasteiger partial charge in [0.25, 0.3) is 5.56 Å². The highest BCUT2D eigenvalue weighted by Gasteiger charge is 2.32. The van der Waals surface area contributed by atoms with Gasteiger partial charge in [-0.25, -0.2) is 4.79 Å². The summed E-state index contributed by atoms with van der Waals surface area (Å²) < 4.78 is 6.64. The number of hydrogen-bond donors (Lipinski definition) is 2. The number of aromatic amines is 1. The first-order valence-corrected chi connectivity index (χ1v) is 4.73. The zero-order chi connectivity index (χ0) is 11.0. The summed E-state index contributed by atoms with van der Waals surface area (Å²) >= 11 is 0. The van der Waals surface area contributed by atoms with Crippen molar-refractivity contribution in [1.29, 1.82) is 0 Å². The van der Waals surface area contributed by atoms with Crippen LogP contribution in [-0.2, 0) is 4.74 Å². The molecule has 1 aromatic rings. The standard InChI is InChI=1S/C9H12N2O4/c1-5-6(12)4-8(15-5)11-3-2-7(13)10-9(11)14/h2-3,5-6,8,12H,4H2,1H3,(H,10,13,14)/t5-,6?,8-/m0/s1. The number of nitrogens with one attached hydrogen (secondary N) is 1. The molecule has 3 atom stereocenters. The van der Waals surface area contributed by atoms with E-state index >= 15 is 0 Å². The summed E-state index contributed by atoms with van der Waals surface area (Å²) in [6.07, 6.45) is 0.353. The van der Waals surface area contributed by atoms with E-state index in [0.29, 0.717) is 6.42 Å². The molecule has 0 aromatic carbocycles. The fourth-order valence-electron chi connectivity index (χ4n) is 1.63. The predicted molar refractivity (Wildman–Crippen MR) is 51.5 cm³/mol. The fourth-order valence-corrected chi connectivity index (χ4v) is 1.63. The molecule has 82 valence electrons.